The van der Waals surface area contributed by atoms with E-state index >= 15 is 0 Å². The second-order valence-electron chi connectivity index (χ2n) is 6.78. The summed E-state index contributed by atoms with van der Waals surface area (Å²) < 4.78 is 11.3. The van der Waals surface area contributed by atoms with Gasteiger partial charge in [0.2, 0.25) is 0 Å². The molecule has 2 heterocycles. The van der Waals surface area contributed by atoms with Gasteiger partial charge >= 0.3 is 0 Å². The minimum atomic E-state index is 0.633. The molecule has 0 unspecified atom stereocenters. The zero-order valence-electron chi connectivity index (χ0n) is 15.8. The molecule has 0 bridgehead atoms. The van der Waals surface area contributed by atoms with E-state index < -0.39 is 0 Å². The van der Waals surface area contributed by atoms with Gasteiger partial charge in [0, 0.05) is 42.7 Å². The molecule has 6 heteroatoms. The number of nitrogens with zero attached hydrogens (tertiary/aromatic N) is 2. The highest BCUT2D eigenvalue weighted by molar-refractivity contribution is 6.04. The molecular weight excluding hydrogens is 354 g/mol. The van der Waals surface area contributed by atoms with E-state index in [1.54, 1.807) is 19.5 Å². The highest BCUT2D eigenvalue weighted by atomic mass is 16.5. The molecule has 4 rings (SSSR count). The van der Waals surface area contributed by atoms with Crippen LogP contribution >= 0.6 is 0 Å². The van der Waals surface area contributed by atoms with Gasteiger partial charge in [-0.05, 0) is 48.2 Å². The van der Waals surface area contributed by atoms with Crippen molar-refractivity contribution in [3.63, 3.8) is 0 Å². The first-order valence-corrected chi connectivity index (χ1v) is 9.37. The number of ether oxygens (including phenoxy) is 1. The Morgan fingerprint density at radius 1 is 1.11 bits per heavy atom. The van der Waals surface area contributed by atoms with Gasteiger partial charge in [-0.1, -0.05) is 17.3 Å². The summed E-state index contributed by atoms with van der Waals surface area (Å²) in [5.41, 5.74) is 6.08. The topological polar surface area (TPSA) is 79.9 Å². The number of methoxy groups -OCH3 is 1. The first-order chi connectivity index (χ1) is 13.8. The molecule has 2 aromatic heterocycles. The van der Waals surface area contributed by atoms with Crippen LogP contribution in [0.3, 0.4) is 0 Å². The fourth-order valence-corrected chi connectivity index (χ4v) is 3.59. The molecule has 0 spiro atoms. The number of furan rings is 1. The van der Waals surface area contributed by atoms with Crippen LogP contribution in [0.25, 0.3) is 22.5 Å². The third kappa shape index (κ3) is 3.69. The molecule has 0 fully saturated rings. The predicted octanol–water partition coefficient (Wildman–Crippen LogP) is 3.87. The normalized spacial score (nSPS) is 14.5. The van der Waals surface area contributed by atoms with Crippen molar-refractivity contribution in [1.82, 2.24) is 10.3 Å². The Balaban J connectivity index is 1.70. The van der Waals surface area contributed by atoms with Crippen LogP contribution in [0.4, 0.5) is 0 Å². The van der Waals surface area contributed by atoms with Gasteiger partial charge in [0.25, 0.3) is 0 Å². The van der Waals surface area contributed by atoms with Gasteiger partial charge in [-0.25, -0.2) is 0 Å². The largest absolute Gasteiger partial charge is 0.459 e. The van der Waals surface area contributed by atoms with Crippen LogP contribution in [0, 0.1) is 0 Å². The Morgan fingerprint density at radius 3 is 2.75 bits per heavy atom. The fraction of sp³-hybridized carbons (Fsp3) is 0.273. The molecule has 1 aliphatic rings. The van der Waals surface area contributed by atoms with Crippen molar-refractivity contribution in [3.8, 4) is 22.5 Å². The Kier molecular flexibility index (Phi) is 5.50. The fourth-order valence-electron chi connectivity index (χ4n) is 3.59. The molecule has 0 atom stereocenters. The maximum Gasteiger partial charge on any atom is 0.142 e. The van der Waals surface area contributed by atoms with E-state index in [2.05, 4.69) is 27.6 Å². The molecule has 144 valence electrons. The van der Waals surface area contributed by atoms with Gasteiger partial charge in [-0.3, -0.25) is 4.98 Å². The lowest BCUT2D eigenvalue weighted by atomic mass is 9.99. The van der Waals surface area contributed by atoms with Crippen molar-refractivity contribution >= 4 is 5.71 Å². The quantitative estimate of drug-likeness (QED) is 0.371. The van der Waals surface area contributed by atoms with Crippen molar-refractivity contribution in [2.24, 2.45) is 5.16 Å². The lowest BCUT2D eigenvalue weighted by Crippen LogP contribution is -2.18. The van der Waals surface area contributed by atoms with Gasteiger partial charge < -0.3 is 19.7 Å². The lowest BCUT2D eigenvalue weighted by Gasteiger charge is -2.06. The van der Waals surface area contributed by atoms with E-state index in [1.807, 2.05) is 24.3 Å². The zero-order chi connectivity index (χ0) is 19.3. The van der Waals surface area contributed by atoms with Crippen LogP contribution in [0.5, 0.6) is 0 Å². The molecule has 28 heavy (non-hydrogen) atoms. The second kappa shape index (κ2) is 8.37. The predicted molar refractivity (Wildman–Crippen MR) is 108 cm³/mol. The van der Waals surface area contributed by atoms with E-state index in [0.29, 0.717) is 13.2 Å². The number of aryl methyl sites for hydroxylation is 1. The number of hydrogen-bond donors (Lipinski definition) is 2. The summed E-state index contributed by atoms with van der Waals surface area (Å²) in [6.07, 6.45) is 5.21. The van der Waals surface area contributed by atoms with Gasteiger partial charge in [-0.15, -0.1) is 0 Å². The van der Waals surface area contributed by atoms with Crippen molar-refractivity contribution < 1.29 is 14.4 Å². The molecule has 1 aromatic carbocycles. The highest BCUT2D eigenvalue weighted by Gasteiger charge is 2.21. The van der Waals surface area contributed by atoms with E-state index in [-0.39, 0.29) is 0 Å². The standard InChI is InChI=1S/C22H23N3O3/c1-27-11-10-24-14-18-13-20(15-6-8-23-9-7-15)22(28-18)17-2-4-19-16(12-17)3-5-21(19)25-26/h2,4,6-9,12-13,24,26H,3,5,10-11,14H2,1H3/b25-21-. The van der Waals surface area contributed by atoms with Crippen LogP contribution in [0.2, 0.25) is 0 Å². The minimum absolute atomic E-state index is 0.633. The van der Waals surface area contributed by atoms with Crippen molar-refractivity contribution in [3.05, 3.63) is 65.7 Å². The summed E-state index contributed by atoms with van der Waals surface area (Å²) in [6, 6.07) is 12.2. The Morgan fingerprint density at radius 2 is 1.96 bits per heavy atom. The first-order valence-electron chi connectivity index (χ1n) is 9.37. The summed E-state index contributed by atoms with van der Waals surface area (Å²) in [6.45, 7) is 2.05. The Bertz CT molecular complexity index is 980. The average Bonchev–Trinajstić information content (AvgIpc) is 3.35. The number of pyridine rings is 1. The number of hydrogen-bond acceptors (Lipinski definition) is 6. The Hall–Kier alpha value is -2.96. The number of benzene rings is 1. The van der Waals surface area contributed by atoms with Gasteiger partial charge in [-0.2, -0.15) is 0 Å². The number of aromatic nitrogens is 1. The van der Waals surface area contributed by atoms with Crippen LogP contribution in [0.1, 0.15) is 23.3 Å². The maximum atomic E-state index is 9.16. The molecule has 3 aromatic rings. The van der Waals surface area contributed by atoms with Crippen molar-refractivity contribution in [2.45, 2.75) is 19.4 Å². The zero-order valence-corrected chi connectivity index (χ0v) is 15.8. The monoisotopic (exact) mass is 377 g/mol. The maximum absolute atomic E-state index is 9.16. The van der Waals surface area contributed by atoms with Crippen molar-refractivity contribution in [1.29, 1.82) is 0 Å². The summed E-state index contributed by atoms with van der Waals surface area (Å²) >= 11 is 0. The molecule has 6 nitrogen and oxygen atoms in total. The first kappa shape index (κ1) is 18.4. The third-order valence-corrected chi connectivity index (χ3v) is 4.99. The summed E-state index contributed by atoms with van der Waals surface area (Å²) in [5, 5.41) is 15.9. The van der Waals surface area contributed by atoms with E-state index in [0.717, 1.165) is 58.9 Å². The Labute approximate surface area is 163 Å². The van der Waals surface area contributed by atoms with Crippen LogP contribution in [-0.2, 0) is 17.7 Å². The number of nitrogens with one attached hydrogen (secondary N) is 1. The molecule has 0 saturated heterocycles. The van der Waals surface area contributed by atoms with E-state index in [9.17, 15) is 0 Å². The second-order valence-corrected chi connectivity index (χ2v) is 6.78. The molecule has 0 amide bonds. The highest BCUT2D eigenvalue weighted by Crippen LogP contribution is 2.37. The minimum Gasteiger partial charge on any atom is -0.459 e. The molecule has 0 aliphatic heterocycles. The smallest absolute Gasteiger partial charge is 0.142 e. The number of fused-ring (bicyclic) bond motifs is 1. The van der Waals surface area contributed by atoms with Crippen LogP contribution < -0.4 is 5.32 Å². The molecule has 0 saturated carbocycles. The number of oxime groups is 1. The van der Waals surface area contributed by atoms with E-state index in [4.69, 9.17) is 14.4 Å². The summed E-state index contributed by atoms with van der Waals surface area (Å²) in [4.78, 5) is 4.12. The van der Waals surface area contributed by atoms with Crippen LogP contribution in [-0.4, -0.2) is 36.2 Å². The van der Waals surface area contributed by atoms with Gasteiger partial charge in [0.1, 0.15) is 11.5 Å². The van der Waals surface area contributed by atoms with Crippen LogP contribution in [0.15, 0.2) is 58.4 Å². The molecule has 0 radical (unpaired) electrons. The summed E-state index contributed by atoms with van der Waals surface area (Å²) in [7, 11) is 1.69. The molecular formula is C22H23N3O3. The molecule has 1 aliphatic carbocycles. The SMILES string of the molecule is COCCNCc1cc(-c2ccncc2)c(-c2ccc3c(c2)CC/C3=N/O)o1. The van der Waals surface area contributed by atoms with Crippen molar-refractivity contribution in [2.75, 3.05) is 20.3 Å². The average molecular weight is 377 g/mol. The molecule has 2 N–H and O–H groups in total. The third-order valence-electron chi connectivity index (χ3n) is 4.99. The van der Waals surface area contributed by atoms with Gasteiger partial charge in [0.15, 0.2) is 0 Å². The summed E-state index contributed by atoms with van der Waals surface area (Å²) in [5.74, 6) is 1.71. The van der Waals surface area contributed by atoms with E-state index in [1.165, 1.54) is 5.56 Å². The lowest BCUT2D eigenvalue weighted by molar-refractivity contribution is 0.198. The van der Waals surface area contributed by atoms with Gasteiger partial charge in [0.05, 0.1) is 18.9 Å². The number of rotatable bonds is 7.